The minimum atomic E-state index is -2.12. The van der Waals surface area contributed by atoms with Gasteiger partial charge in [-0.05, 0) is 30.3 Å². The molecule has 0 spiro atoms. The maximum atomic E-state index is 12.5. The van der Waals surface area contributed by atoms with Gasteiger partial charge in [-0.2, -0.15) is 0 Å². The molecule has 1 aliphatic heterocycles. The zero-order valence-corrected chi connectivity index (χ0v) is 17.3. The van der Waals surface area contributed by atoms with Gasteiger partial charge in [0.25, 0.3) is 0 Å². The molecule has 0 amide bonds. The van der Waals surface area contributed by atoms with Crippen LogP contribution in [0.2, 0.25) is 18.1 Å². The third kappa shape index (κ3) is 4.93. The van der Waals surface area contributed by atoms with Gasteiger partial charge >= 0.3 is 11.9 Å². The molecule has 0 saturated carbocycles. The van der Waals surface area contributed by atoms with Crippen LogP contribution in [-0.2, 0) is 23.4 Å². The van der Waals surface area contributed by atoms with Gasteiger partial charge in [0.2, 0.25) is 6.29 Å². The second-order valence-corrected chi connectivity index (χ2v) is 12.7. The van der Waals surface area contributed by atoms with Crippen molar-refractivity contribution in [2.45, 2.75) is 64.3 Å². The second kappa shape index (κ2) is 7.90. The van der Waals surface area contributed by atoms with E-state index in [2.05, 4.69) is 33.9 Å². The summed E-state index contributed by atoms with van der Waals surface area (Å²) in [5.74, 6) is -0.995. The first kappa shape index (κ1) is 20.6. The summed E-state index contributed by atoms with van der Waals surface area (Å²) >= 11 is 0. The summed E-state index contributed by atoms with van der Waals surface area (Å²) in [5, 5.41) is -0.0134. The summed E-state index contributed by atoms with van der Waals surface area (Å²) in [6.45, 7) is 12.1. The molecule has 144 valence electrons. The van der Waals surface area contributed by atoms with Crippen molar-refractivity contribution in [1.29, 1.82) is 0 Å². The topological polar surface area (TPSA) is 71.1 Å². The predicted octanol–water partition coefficient (Wildman–Crippen LogP) is 3.52. The minimum Gasteiger partial charge on any atom is -0.449 e. The summed E-state index contributed by atoms with van der Waals surface area (Å²) in [7, 11) is -2.12. The zero-order chi connectivity index (χ0) is 19.5. The molecule has 0 bridgehead atoms. The van der Waals surface area contributed by atoms with Crippen LogP contribution < -0.4 is 0 Å². The molecule has 1 saturated heterocycles. The monoisotopic (exact) mass is 380 g/mol. The lowest BCUT2D eigenvalue weighted by Crippen LogP contribution is -2.49. The third-order valence-corrected chi connectivity index (χ3v) is 9.35. The Hall–Kier alpha value is -1.70. The third-order valence-electron chi connectivity index (χ3n) is 4.85. The van der Waals surface area contributed by atoms with Crippen LogP contribution in [0.25, 0.3) is 0 Å². The summed E-state index contributed by atoms with van der Waals surface area (Å²) in [6.07, 6.45) is -2.25. The molecule has 26 heavy (non-hydrogen) atoms. The fourth-order valence-corrected chi connectivity index (χ4v) is 3.69. The first-order valence-electron chi connectivity index (χ1n) is 8.74. The Morgan fingerprint density at radius 3 is 2.27 bits per heavy atom. The summed E-state index contributed by atoms with van der Waals surface area (Å²) < 4.78 is 22.8. The van der Waals surface area contributed by atoms with E-state index in [0.717, 1.165) is 0 Å². The molecule has 1 unspecified atom stereocenters. The van der Waals surface area contributed by atoms with E-state index in [0.29, 0.717) is 5.56 Å². The van der Waals surface area contributed by atoms with Gasteiger partial charge in [-0.1, -0.05) is 39.0 Å². The molecule has 1 heterocycles. The van der Waals surface area contributed by atoms with Gasteiger partial charge in [-0.15, -0.1) is 0 Å². The normalized spacial score (nSPS) is 23.5. The second-order valence-electron chi connectivity index (χ2n) is 7.96. The highest BCUT2D eigenvalue weighted by Crippen LogP contribution is 2.39. The van der Waals surface area contributed by atoms with Gasteiger partial charge in [0.15, 0.2) is 14.4 Å². The molecule has 1 aromatic rings. The maximum absolute atomic E-state index is 12.5. The van der Waals surface area contributed by atoms with Crippen molar-refractivity contribution in [2.75, 3.05) is 6.61 Å². The highest BCUT2D eigenvalue weighted by atomic mass is 28.4. The lowest BCUT2D eigenvalue weighted by Gasteiger charge is -2.39. The van der Waals surface area contributed by atoms with Crippen LogP contribution in [0.3, 0.4) is 0 Å². The number of esters is 2. The van der Waals surface area contributed by atoms with Crippen molar-refractivity contribution >= 4 is 20.3 Å². The van der Waals surface area contributed by atoms with Gasteiger partial charge in [-0.3, -0.25) is 4.79 Å². The quantitative estimate of drug-likeness (QED) is 0.575. The number of rotatable bonds is 5. The Bertz CT molecular complexity index is 637. The van der Waals surface area contributed by atoms with Crippen molar-refractivity contribution in [1.82, 2.24) is 0 Å². The van der Waals surface area contributed by atoms with Gasteiger partial charge < -0.3 is 18.6 Å². The smallest absolute Gasteiger partial charge is 0.338 e. The number of ether oxygens (including phenoxy) is 3. The highest BCUT2D eigenvalue weighted by Gasteiger charge is 2.48. The van der Waals surface area contributed by atoms with E-state index in [1.165, 1.54) is 6.92 Å². The van der Waals surface area contributed by atoms with Crippen LogP contribution in [0.5, 0.6) is 0 Å². The lowest BCUT2D eigenvalue weighted by atomic mass is 10.2. The van der Waals surface area contributed by atoms with E-state index in [1.54, 1.807) is 24.3 Å². The maximum Gasteiger partial charge on any atom is 0.338 e. The van der Waals surface area contributed by atoms with E-state index in [9.17, 15) is 9.59 Å². The minimum absolute atomic E-state index is 0.0134. The van der Waals surface area contributed by atoms with Crippen molar-refractivity contribution in [3.8, 4) is 0 Å². The number of hydrogen-bond acceptors (Lipinski definition) is 6. The van der Waals surface area contributed by atoms with Crippen molar-refractivity contribution in [3.05, 3.63) is 35.9 Å². The molecular formula is C19H28O6Si. The molecule has 0 aromatic heterocycles. The molecule has 6 nitrogen and oxygen atoms in total. The predicted molar refractivity (Wildman–Crippen MR) is 99.2 cm³/mol. The number of benzene rings is 1. The van der Waals surface area contributed by atoms with Crippen LogP contribution in [0, 0.1) is 0 Å². The van der Waals surface area contributed by atoms with E-state index in [1.807, 2.05) is 6.07 Å². The van der Waals surface area contributed by atoms with Gasteiger partial charge in [-0.25, -0.2) is 4.79 Å². The van der Waals surface area contributed by atoms with E-state index >= 15 is 0 Å². The highest BCUT2D eigenvalue weighted by molar-refractivity contribution is 6.74. The van der Waals surface area contributed by atoms with Gasteiger partial charge in [0.05, 0.1) is 12.2 Å². The van der Waals surface area contributed by atoms with E-state index in [4.69, 9.17) is 18.6 Å². The molecule has 1 aliphatic rings. The SMILES string of the molecule is CC(=O)OC1OC[C@H](O[Si](C)(C)C(C)(C)C)[C@H]1OC(=O)c1ccccc1. The van der Waals surface area contributed by atoms with E-state index < -0.39 is 38.8 Å². The fourth-order valence-electron chi connectivity index (χ4n) is 2.37. The first-order chi connectivity index (χ1) is 12.0. The Labute approximate surface area is 155 Å². The van der Waals surface area contributed by atoms with Crippen LogP contribution in [0.4, 0.5) is 0 Å². The van der Waals surface area contributed by atoms with Crippen LogP contribution in [-0.4, -0.2) is 45.4 Å². The standard InChI is InChI=1S/C19H28O6Si/c1-13(20)23-18-16(24-17(21)14-10-8-7-9-11-14)15(12-22-18)25-26(5,6)19(2,3)4/h7-11,15-16,18H,12H2,1-6H3/t15-,16+,18?/m0/s1. The first-order valence-corrected chi connectivity index (χ1v) is 11.6. The van der Waals surface area contributed by atoms with Crippen LogP contribution >= 0.6 is 0 Å². The van der Waals surface area contributed by atoms with Gasteiger partial charge in [0.1, 0.15) is 6.10 Å². The van der Waals surface area contributed by atoms with Crippen molar-refractivity contribution in [3.63, 3.8) is 0 Å². The Morgan fingerprint density at radius 2 is 1.73 bits per heavy atom. The summed E-state index contributed by atoms with van der Waals surface area (Å²) in [6, 6.07) is 8.68. The van der Waals surface area contributed by atoms with E-state index in [-0.39, 0.29) is 11.6 Å². The van der Waals surface area contributed by atoms with Crippen LogP contribution in [0.1, 0.15) is 38.1 Å². The molecule has 1 aromatic carbocycles. The Morgan fingerprint density at radius 1 is 1.12 bits per heavy atom. The molecule has 1 fully saturated rings. The lowest BCUT2D eigenvalue weighted by molar-refractivity contribution is -0.180. The Balaban J connectivity index is 2.19. The zero-order valence-electron chi connectivity index (χ0n) is 16.3. The Kier molecular flexibility index (Phi) is 6.26. The van der Waals surface area contributed by atoms with Gasteiger partial charge in [0, 0.05) is 6.92 Å². The summed E-state index contributed by atoms with van der Waals surface area (Å²) in [4.78, 5) is 23.9. The number of carbonyl (C=O) groups excluding carboxylic acids is 2. The molecular weight excluding hydrogens is 352 g/mol. The molecule has 0 radical (unpaired) electrons. The molecule has 7 heteroatoms. The van der Waals surface area contributed by atoms with Crippen molar-refractivity contribution < 1.29 is 28.2 Å². The average molecular weight is 381 g/mol. The molecule has 0 N–H and O–H groups in total. The van der Waals surface area contributed by atoms with Crippen LogP contribution in [0.15, 0.2) is 30.3 Å². The number of carbonyl (C=O) groups is 2. The molecule has 0 aliphatic carbocycles. The number of hydrogen-bond donors (Lipinski definition) is 0. The van der Waals surface area contributed by atoms with Crippen molar-refractivity contribution in [2.24, 2.45) is 0 Å². The summed E-state index contributed by atoms with van der Waals surface area (Å²) in [5.41, 5.74) is 0.423. The molecule has 2 rings (SSSR count). The largest absolute Gasteiger partial charge is 0.449 e. The average Bonchev–Trinajstić information content (AvgIpc) is 2.88. The fraction of sp³-hybridized carbons (Fsp3) is 0.579. The molecule has 3 atom stereocenters.